The predicted molar refractivity (Wildman–Crippen MR) is 60.3 cm³/mol. The molecule has 0 saturated heterocycles. The molecular weight excluding hydrogens is 210 g/mol. The molecule has 1 aliphatic rings. The van der Waals surface area contributed by atoms with E-state index in [1.54, 1.807) is 24.3 Å². The second kappa shape index (κ2) is 3.70. The van der Waals surface area contributed by atoms with E-state index in [2.05, 4.69) is 12.6 Å². The Balaban J connectivity index is 2.45. The van der Waals surface area contributed by atoms with Crippen LogP contribution in [0.15, 0.2) is 24.3 Å². The van der Waals surface area contributed by atoms with E-state index in [0.717, 1.165) is 0 Å². The molecule has 0 radical (unpaired) electrons. The van der Waals surface area contributed by atoms with Crippen LogP contribution in [0.3, 0.4) is 0 Å². The van der Waals surface area contributed by atoms with Crippen LogP contribution in [0.25, 0.3) is 0 Å². The molecule has 1 aromatic carbocycles. The standard InChI is InChI=1S/C11H11NO2S/c1-7(6-15)12-10(13)8-4-2-3-5-9(8)11(12)14/h2-5,7,15H,6H2,1H3. The van der Waals surface area contributed by atoms with Crippen LogP contribution < -0.4 is 0 Å². The first-order chi connectivity index (χ1) is 7.16. The van der Waals surface area contributed by atoms with Gasteiger partial charge in [0, 0.05) is 11.8 Å². The Morgan fingerprint density at radius 2 is 1.67 bits per heavy atom. The van der Waals surface area contributed by atoms with Crippen LogP contribution in [0, 0.1) is 0 Å². The van der Waals surface area contributed by atoms with Gasteiger partial charge in [-0.25, -0.2) is 0 Å². The van der Waals surface area contributed by atoms with Gasteiger partial charge in [-0.2, -0.15) is 12.6 Å². The zero-order valence-corrected chi connectivity index (χ0v) is 9.20. The number of amides is 2. The van der Waals surface area contributed by atoms with E-state index in [1.807, 2.05) is 6.92 Å². The van der Waals surface area contributed by atoms with Gasteiger partial charge in [-0.15, -0.1) is 0 Å². The van der Waals surface area contributed by atoms with Gasteiger partial charge in [-0.1, -0.05) is 12.1 Å². The number of hydrogen-bond donors (Lipinski definition) is 1. The molecular formula is C11H11NO2S. The molecule has 1 unspecified atom stereocenters. The Kier molecular flexibility index (Phi) is 2.52. The number of benzene rings is 1. The average molecular weight is 221 g/mol. The summed E-state index contributed by atoms with van der Waals surface area (Å²) in [6, 6.07) is 6.72. The molecule has 0 spiro atoms. The van der Waals surface area contributed by atoms with Crippen molar-refractivity contribution in [3.8, 4) is 0 Å². The summed E-state index contributed by atoms with van der Waals surface area (Å²) in [5.41, 5.74) is 0.993. The van der Waals surface area contributed by atoms with Crippen LogP contribution in [-0.4, -0.2) is 28.5 Å². The molecule has 0 fully saturated rings. The van der Waals surface area contributed by atoms with E-state index >= 15 is 0 Å². The Morgan fingerprint density at radius 3 is 2.07 bits per heavy atom. The fourth-order valence-corrected chi connectivity index (χ4v) is 1.85. The minimum atomic E-state index is -0.211. The molecule has 1 heterocycles. The van der Waals surface area contributed by atoms with E-state index in [9.17, 15) is 9.59 Å². The van der Waals surface area contributed by atoms with Gasteiger partial charge in [-0.3, -0.25) is 14.5 Å². The Bertz CT molecular complexity index is 395. The molecule has 0 aromatic heterocycles. The van der Waals surface area contributed by atoms with Crippen LogP contribution in [0.1, 0.15) is 27.6 Å². The molecule has 15 heavy (non-hydrogen) atoms. The normalized spacial score (nSPS) is 16.8. The summed E-state index contributed by atoms with van der Waals surface area (Å²) in [5.74, 6) is 0.0557. The minimum absolute atomic E-state index is 0.166. The van der Waals surface area contributed by atoms with E-state index in [4.69, 9.17) is 0 Å². The highest BCUT2D eigenvalue weighted by Gasteiger charge is 2.37. The summed E-state index contributed by atoms with van der Waals surface area (Å²) in [6.45, 7) is 1.81. The quantitative estimate of drug-likeness (QED) is 0.608. The molecule has 1 atom stereocenters. The van der Waals surface area contributed by atoms with Crippen molar-refractivity contribution in [2.75, 3.05) is 5.75 Å². The average Bonchev–Trinajstić information content (AvgIpc) is 2.52. The molecule has 0 aliphatic carbocycles. The summed E-state index contributed by atoms with van der Waals surface area (Å²) < 4.78 is 0. The third-order valence-electron chi connectivity index (χ3n) is 2.53. The molecule has 1 aliphatic heterocycles. The van der Waals surface area contributed by atoms with Crippen molar-refractivity contribution in [3.05, 3.63) is 35.4 Å². The second-order valence-corrected chi connectivity index (χ2v) is 3.92. The van der Waals surface area contributed by atoms with E-state index in [-0.39, 0.29) is 17.9 Å². The topological polar surface area (TPSA) is 37.4 Å². The van der Waals surface area contributed by atoms with Crippen LogP contribution in [0.2, 0.25) is 0 Å². The fraction of sp³-hybridized carbons (Fsp3) is 0.273. The minimum Gasteiger partial charge on any atom is -0.271 e. The van der Waals surface area contributed by atoms with Gasteiger partial charge >= 0.3 is 0 Å². The van der Waals surface area contributed by atoms with Gasteiger partial charge in [0.2, 0.25) is 0 Å². The van der Waals surface area contributed by atoms with Crippen LogP contribution in [-0.2, 0) is 0 Å². The number of fused-ring (bicyclic) bond motifs is 1. The molecule has 1 aromatic rings. The van der Waals surface area contributed by atoms with Gasteiger partial charge in [0.1, 0.15) is 0 Å². The molecule has 0 saturated carbocycles. The lowest BCUT2D eigenvalue weighted by Crippen LogP contribution is -2.39. The van der Waals surface area contributed by atoms with Crippen molar-refractivity contribution in [2.45, 2.75) is 13.0 Å². The Morgan fingerprint density at radius 1 is 1.20 bits per heavy atom. The SMILES string of the molecule is CC(CS)N1C(=O)c2ccccc2C1=O. The van der Waals surface area contributed by atoms with Gasteiger partial charge in [0.15, 0.2) is 0 Å². The first-order valence-corrected chi connectivity index (χ1v) is 5.38. The monoisotopic (exact) mass is 221 g/mol. The summed E-state index contributed by atoms with van der Waals surface area (Å²) in [4.78, 5) is 25.0. The first-order valence-electron chi connectivity index (χ1n) is 4.74. The van der Waals surface area contributed by atoms with Gasteiger partial charge in [0.25, 0.3) is 11.8 Å². The lowest BCUT2D eigenvalue weighted by atomic mass is 10.1. The zero-order chi connectivity index (χ0) is 11.0. The number of nitrogens with zero attached hydrogens (tertiary/aromatic N) is 1. The van der Waals surface area contributed by atoms with E-state index < -0.39 is 0 Å². The molecule has 2 rings (SSSR count). The van der Waals surface area contributed by atoms with Crippen molar-refractivity contribution < 1.29 is 9.59 Å². The molecule has 4 heteroatoms. The van der Waals surface area contributed by atoms with Crippen LogP contribution in [0.5, 0.6) is 0 Å². The smallest absolute Gasteiger partial charge is 0.261 e. The second-order valence-electron chi connectivity index (χ2n) is 3.56. The molecule has 2 amide bonds. The third-order valence-corrected chi connectivity index (χ3v) is 3.06. The number of carbonyl (C=O) groups excluding carboxylic acids is 2. The first kappa shape index (κ1) is 10.2. The Labute approximate surface area is 93.5 Å². The Hall–Kier alpha value is -1.29. The highest BCUT2D eigenvalue weighted by molar-refractivity contribution is 7.80. The highest BCUT2D eigenvalue weighted by Crippen LogP contribution is 2.24. The van der Waals surface area contributed by atoms with Crippen molar-refractivity contribution in [1.29, 1.82) is 0 Å². The van der Waals surface area contributed by atoms with Crippen molar-refractivity contribution in [2.24, 2.45) is 0 Å². The van der Waals surface area contributed by atoms with Crippen molar-refractivity contribution in [3.63, 3.8) is 0 Å². The van der Waals surface area contributed by atoms with Crippen molar-refractivity contribution >= 4 is 24.4 Å². The number of carbonyl (C=O) groups is 2. The summed E-state index contributed by atoms with van der Waals surface area (Å²) >= 11 is 4.10. The van der Waals surface area contributed by atoms with Crippen LogP contribution >= 0.6 is 12.6 Å². The van der Waals surface area contributed by atoms with Crippen LogP contribution in [0.4, 0.5) is 0 Å². The molecule has 78 valence electrons. The zero-order valence-electron chi connectivity index (χ0n) is 8.30. The maximum absolute atomic E-state index is 11.9. The van der Waals surface area contributed by atoms with Gasteiger partial charge in [-0.05, 0) is 19.1 Å². The number of rotatable bonds is 2. The van der Waals surface area contributed by atoms with Gasteiger partial charge < -0.3 is 0 Å². The van der Waals surface area contributed by atoms with E-state index in [1.165, 1.54) is 4.90 Å². The van der Waals surface area contributed by atoms with E-state index in [0.29, 0.717) is 16.9 Å². The molecule has 0 N–H and O–H groups in total. The molecule has 0 bridgehead atoms. The lowest BCUT2D eigenvalue weighted by Gasteiger charge is -2.20. The largest absolute Gasteiger partial charge is 0.271 e. The summed E-state index contributed by atoms with van der Waals surface area (Å²) in [7, 11) is 0. The number of thiol groups is 1. The summed E-state index contributed by atoms with van der Waals surface area (Å²) in [6.07, 6.45) is 0. The molecule has 3 nitrogen and oxygen atoms in total. The highest BCUT2D eigenvalue weighted by atomic mass is 32.1. The lowest BCUT2D eigenvalue weighted by molar-refractivity contribution is 0.0612. The number of imide groups is 1. The third kappa shape index (κ3) is 1.45. The maximum atomic E-state index is 11.9. The maximum Gasteiger partial charge on any atom is 0.261 e. The predicted octanol–water partition coefficient (Wildman–Crippen LogP) is 1.60. The number of hydrogen-bond acceptors (Lipinski definition) is 3. The fourth-order valence-electron chi connectivity index (χ4n) is 1.69. The van der Waals surface area contributed by atoms with Crippen molar-refractivity contribution in [1.82, 2.24) is 4.90 Å². The summed E-state index contributed by atoms with van der Waals surface area (Å²) in [5, 5.41) is 0. The van der Waals surface area contributed by atoms with Gasteiger partial charge in [0.05, 0.1) is 11.1 Å².